The summed E-state index contributed by atoms with van der Waals surface area (Å²) in [5.74, 6) is 2.07. The monoisotopic (exact) mass is 371 g/mol. The minimum atomic E-state index is -0.0784. The van der Waals surface area contributed by atoms with Gasteiger partial charge in [-0.25, -0.2) is 0 Å². The number of aromatic nitrogens is 4. The summed E-state index contributed by atoms with van der Waals surface area (Å²) in [6, 6.07) is 3.47. The van der Waals surface area contributed by atoms with Crippen molar-refractivity contribution >= 4 is 29.6 Å². The van der Waals surface area contributed by atoms with E-state index in [4.69, 9.17) is 9.47 Å². The van der Waals surface area contributed by atoms with E-state index in [9.17, 15) is 5.11 Å². The second-order valence-corrected chi connectivity index (χ2v) is 6.76. The number of ether oxygens (including phenoxy) is 2. The largest absolute Gasteiger partial charge is 0.504 e. The third-order valence-electron chi connectivity index (χ3n) is 4.40. The Morgan fingerprint density at radius 3 is 2.54 bits per heavy atom. The van der Waals surface area contributed by atoms with E-state index in [-0.39, 0.29) is 40.7 Å². The fourth-order valence-electron chi connectivity index (χ4n) is 2.75. The van der Waals surface area contributed by atoms with Crippen LogP contribution in [0.5, 0.6) is 17.2 Å². The van der Waals surface area contributed by atoms with E-state index in [1.807, 2.05) is 6.07 Å². The van der Waals surface area contributed by atoms with Crippen molar-refractivity contribution in [3.63, 3.8) is 0 Å². The van der Waals surface area contributed by atoms with Gasteiger partial charge in [0, 0.05) is 41.0 Å². The number of methoxy groups -OCH3 is 1. The number of H-pyrrole nitrogens is 1. The summed E-state index contributed by atoms with van der Waals surface area (Å²) in [5, 5.41) is 24.2. The molecule has 0 spiro atoms. The van der Waals surface area contributed by atoms with Crippen molar-refractivity contribution in [1.82, 2.24) is 20.6 Å². The number of aryl methyl sites for hydroxylation is 1. The van der Waals surface area contributed by atoms with Gasteiger partial charge in [-0.3, -0.25) is 0 Å². The van der Waals surface area contributed by atoms with Crippen LogP contribution in [0.4, 0.5) is 0 Å². The fraction of sp³-hybridized carbons (Fsp3) is 0.611. The number of hydrogen-bond donors (Lipinski definition) is 2. The first-order valence-electron chi connectivity index (χ1n) is 8.74. The molecule has 0 saturated heterocycles. The Hall–Kier alpha value is -1.31. The van der Waals surface area contributed by atoms with Crippen LogP contribution in [0.3, 0.4) is 0 Å². The molecule has 7 nitrogen and oxygen atoms in total. The minimum absolute atomic E-state index is 0. The molecule has 1 heterocycles. The molecule has 1 aromatic carbocycles. The Balaban J connectivity index is 0.00000338. The normalized spacial score (nSPS) is 11.1. The topological polar surface area (TPSA) is 93.1 Å². The zero-order valence-electron chi connectivity index (χ0n) is 16.5. The van der Waals surface area contributed by atoms with E-state index in [0.717, 1.165) is 49.2 Å². The first kappa shape index (κ1) is 22.7. The van der Waals surface area contributed by atoms with Gasteiger partial charge in [-0.15, -0.1) is 10.2 Å². The van der Waals surface area contributed by atoms with Gasteiger partial charge in [0.25, 0.3) is 0 Å². The van der Waals surface area contributed by atoms with Gasteiger partial charge in [-0.1, -0.05) is 38.8 Å². The quantitative estimate of drug-likeness (QED) is 0.493. The van der Waals surface area contributed by atoms with E-state index < -0.39 is 0 Å². The summed E-state index contributed by atoms with van der Waals surface area (Å²) in [4.78, 5) is 0. The second kappa shape index (κ2) is 10.7. The fourth-order valence-corrected chi connectivity index (χ4v) is 2.75. The first-order chi connectivity index (χ1) is 12.0. The third-order valence-corrected chi connectivity index (χ3v) is 4.40. The number of aromatic amines is 1. The predicted molar refractivity (Wildman–Crippen MR) is 101 cm³/mol. The van der Waals surface area contributed by atoms with Crippen molar-refractivity contribution in [2.75, 3.05) is 13.7 Å². The molecule has 2 aromatic rings. The average Bonchev–Trinajstić information content (AvgIpc) is 3.13. The number of phenols is 1. The smallest absolute Gasteiger partial charge is 0.180 e. The molecule has 26 heavy (non-hydrogen) atoms. The molecule has 2 rings (SSSR count). The van der Waals surface area contributed by atoms with Crippen LogP contribution in [0.15, 0.2) is 12.1 Å². The summed E-state index contributed by atoms with van der Waals surface area (Å²) < 4.78 is 11.0. The van der Waals surface area contributed by atoms with Crippen molar-refractivity contribution in [2.24, 2.45) is 0 Å². The number of unbranched alkanes of at least 4 members (excludes halogenated alkanes) is 2. The van der Waals surface area contributed by atoms with Crippen LogP contribution in [0.2, 0.25) is 0 Å². The van der Waals surface area contributed by atoms with Crippen molar-refractivity contribution in [3.05, 3.63) is 23.5 Å². The molecule has 0 aliphatic heterocycles. The third kappa shape index (κ3) is 6.14. The summed E-state index contributed by atoms with van der Waals surface area (Å²) in [7, 11) is 1.55. The van der Waals surface area contributed by atoms with Crippen molar-refractivity contribution in [1.29, 1.82) is 0 Å². The number of nitrogens with zero attached hydrogens (tertiary/aromatic N) is 3. The van der Waals surface area contributed by atoms with Crippen LogP contribution in [-0.2, 0) is 11.8 Å². The van der Waals surface area contributed by atoms with Crippen LogP contribution >= 0.6 is 0 Å². The van der Waals surface area contributed by atoms with Gasteiger partial charge < -0.3 is 14.6 Å². The number of tetrazole rings is 1. The molecule has 0 bridgehead atoms. The number of benzene rings is 1. The van der Waals surface area contributed by atoms with Gasteiger partial charge in [0.1, 0.15) is 5.75 Å². The molecule has 139 valence electrons. The van der Waals surface area contributed by atoms with Gasteiger partial charge in [0.15, 0.2) is 17.3 Å². The maximum Gasteiger partial charge on any atom is 0.180 e. The number of hydrogen-bond acceptors (Lipinski definition) is 6. The molecule has 0 aliphatic carbocycles. The van der Waals surface area contributed by atoms with E-state index in [1.165, 1.54) is 0 Å². The van der Waals surface area contributed by atoms with Crippen LogP contribution in [0, 0.1) is 0 Å². The summed E-state index contributed by atoms with van der Waals surface area (Å²) in [6.45, 7) is 6.93. The maximum atomic E-state index is 9.91. The predicted octanol–water partition coefficient (Wildman–Crippen LogP) is 3.01. The van der Waals surface area contributed by atoms with Gasteiger partial charge >= 0.3 is 0 Å². The Bertz CT molecular complexity index is 663. The zero-order chi connectivity index (χ0) is 18.3. The Morgan fingerprint density at radius 1 is 1.15 bits per heavy atom. The Morgan fingerprint density at radius 2 is 1.92 bits per heavy atom. The van der Waals surface area contributed by atoms with Crippen molar-refractivity contribution in [3.8, 4) is 17.2 Å². The average molecular weight is 371 g/mol. The SMILES string of the molecule is CCc1cc(OC)c(O)cc1OCCCCCC(C)(C)c1nn[nH]n1.[Na]. The van der Waals surface area contributed by atoms with Crippen LogP contribution in [-0.4, -0.2) is 69.0 Å². The van der Waals surface area contributed by atoms with Gasteiger partial charge in [-0.2, -0.15) is 5.21 Å². The molecular formula is C18H28N4NaO3. The number of aromatic hydroxyl groups is 1. The van der Waals surface area contributed by atoms with Gasteiger partial charge in [-0.05, 0) is 30.9 Å². The van der Waals surface area contributed by atoms with Gasteiger partial charge in [0.05, 0.1) is 13.7 Å². The molecule has 1 aromatic heterocycles. The zero-order valence-corrected chi connectivity index (χ0v) is 18.5. The van der Waals surface area contributed by atoms with Crippen molar-refractivity contribution < 1.29 is 14.6 Å². The van der Waals surface area contributed by atoms with E-state index >= 15 is 0 Å². The first-order valence-corrected chi connectivity index (χ1v) is 8.74. The Labute approximate surface area is 177 Å². The second-order valence-electron chi connectivity index (χ2n) is 6.76. The molecule has 0 aliphatic rings. The summed E-state index contributed by atoms with van der Waals surface area (Å²) in [5.41, 5.74) is 0.957. The molecule has 1 radical (unpaired) electrons. The molecular weight excluding hydrogens is 343 g/mol. The molecule has 0 amide bonds. The molecule has 0 fully saturated rings. The van der Waals surface area contributed by atoms with E-state index in [1.54, 1.807) is 13.2 Å². The van der Waals surface area contributed by atoms with E-state index in [0.29, 0.717) is 12.4 Å². The minimum Gasteiger partial charge on any atom is -0.504 e. The number of nitrogens with one attached hydrogen (secondary N) is 1. The number of rotatable bonds is 10. The summed E-state index contributed by atoms with van der Waals surface area (Å²) >= 11 is 0. The molecule has 0 saturated carbocycles. The van der Waals surface area contributed by atoms with Crippen LogP contribution in [0.25, 0.3) is 0 Å². The summed E-state index contributed by atoms with van der Waals surface area (Å²) in [6.07, 6.45) is 4.91. The Kier molecular flexibility index (Phi) is 9.39. The van der Waals surface area contributed by atoms with Crippen molar-refractivity contribution in [2.45, 2.75) is 58.3 Å². The molecule has 2 N–H and O–H groups in total. The molecule has 8 heteroatoms. The molecule has 0 atom stereocenters. The molecule has 0 unspecified atom stereocenters. The van der Waals surface area contributed by atoms with Crippen LogP contribution < -0.4 is 9.47 Å². The van der Waals surface area contributed by atoms with Gasteiger partial charge in [0.2, 0.25) is 0 Å². The standard InChI is InChI=1S/C18H28N4O3.Na/c1-5-13-11-16(24-4)14(23)12-15(13)25-10-8-6-7-9-18(2,3)17-19-21-22-20-17;/h11-12,23H,5-10H2,1-4H3,(H,19,20,21,22);. The number of phenolic OH excluding ortho intramolecular Hbond substituents is 1. The maximum absolute atomic E-state index is 9.91. The van der Waals surface area contributed by atoms with E-state index in [2.05, 4.69) is 41.4 Å². The van der Waals surface area contributed by atoms with Crippen LogP contribution in [0.1, 0.15) is 57.8 Å².